The average molecular weight is 277 g/mol. The van der Waals surface area contributed by atoms with Crippen molar-refractivity contribution < 1.29 is 18.3 Å². The quantitative estimate of drug-likeness (QED) is 0.850. The van der Waals surface area contributed by atoms with Crippen molar-refractivity contribution in [1.82, 2.24) is 14.9 Å². The van der Waals surface area contributed by atoms with Crippen LogP contribution in [0.15, 0.2) is 35.2 Å². The number of halogens is 1. The van der Waals surface area contributed by atoms with Crippen LogP contribution in [-0.4, -0.2) is 40.0 Å². The van der Waals surface area contributed by atoms with E-state index in [0.717, 1.165) is 12.4 Å². The molecule has 0 radical (unpaired) electrons. The number of rotatable bonds is 3. The number of hydrogen-bond acceptors (Lipinski definition) is 5. The van der Waals surface area contributed by atoms with Crippen molar-refractivity contribution in [3.05, 3.63) is 42.4 Å². The van der Waals surface area contributed by atoms with Crippen molar-refractivity contribution in [2.45, 2.75) is 12.5 Å². The number of hydrogen-bond donors (Lipinski definition) is 0. The molecule has 1 amide bonds. The lowest BCUT2D eigenvalue weighted by Gasteiger charge is -2.15. The Labute approximate surface area is 114 Å². The van der Waals surface area contributed by atoms with Crippen LogP contribution in [0.1, 0.15) is 17.0 Å². The van der Waals surface area contributed by atoms with Gasteiger partial charge < -0.3 is 14.1 Å². The van der Waals surface area contributed by atoms with E-state index < -0.39 is 5.82 Å². The van der Waals surface area contributed by atoms with E-state index in [-0.39, 0.29) is 18.0 Å². The van der Waals surface area contributed by atoms with E-state index in [9.17, 15) is 9.18 Å². The molecule has 0 spiro atoms. The van der Waals surface area contributed by atoms with Crippen molar-refractivity contribution in [3.63, 3.8) is 0 Å². The number of likely N-dealkylation sites (tertiary alicyclic amines) is 1. The van der Waals surface area contributed by atoms with Crippen LogP contribution in [-0.2, 0) is 0 Å². The largest absolute Gasteiger partial charge is 0.459 e. The first-order chi connectivity index (χ1) is 9.72. The van der Waals surface area contributed by atoms with Crippen LogP contribution in [0.3, 0.4) is 0 Å². The number of amides is 1. The molecule has 3 heterocycles. The Morgan fingerprint density at radius 3 is 2.95 bits per heavy atom. The third kappa shape index (κ3) is 2.61. The summed E-state index contributed by atoms with van der Waals surface area (Å²) in [5, 5.41) is 0. The van der Waals surface area contributed by atoms with Crippen LogP contribution in [0.25, 0.3) is 0 Å². The number of carbonyl (C=O) groups excluding carboxylic acids is 1. The Balaban J connectivity index is 1.59. The van der Waals surface area contributed by atoms with Crippen LogP contribution in [0.2, 0.25) is 0 Å². The van der Waals surface area contributed by atoms with Crippen LogP contribution in [0, 0.1) is 5.82 Å². The van der Waals surface area contributed by atoms with E-state index in [0.29, 0.717) is 25.3 Å². The summed E-state index contributed by atoms with van der Waals surface area (Å²) in [7, 11) is 0. The number of aromatic nitrogens is 2. The summed E-state index contributed by atoms with van der Waals surface area (Å²) in [6, 6.07) is 3.41. The van der Waals surface area contributed by atoms with Gasteiger partial charge in [-0.3, -0.25) is 4.79 Å². The fourth-order valence-corrected chi connectivity index (χ4v) is 2.08. The molecule has 0 N–H and O–H groups in total. The molecule has 6 nitrogen and oxygen atoms in total. The van der Waals surface area contributed by atoms with Gasteiger partial charge in [0.1, 0.15) is 6.10 Å². The smallest absolute Gasteiger partial charge is 0.316 e. The third-order valence-corrected chi connectivity index (χ3v) is 3.03. The summed E-state index contributed by atoms with van der Waals surface area (Å²) < 4.78 is 23.3. The van der Waals surface area contributed by atoms with E-state index in [1.54, 1.807) is 17.0 Å². The Bertz CT molecular complexity index is 585. The van der Waals surface area contributed by atoms with Crippen LogP contribution >= 0.6 is 0 Å². The van der Waals surface area contributed by atoms with E-state index in [1.165, 1.54) is 6.26 Å². The molecule has 0 aromatic carbocycles. The van der Waals surface area contributed by atoms with Gasteiger partial charge >= 0.3 is 6.01 Å². The molecule has 2 aromatic heterocycles. The molecule has 20 heavy (non-hydrogen) atoms. The normalized spacial score (nSPS) is 18.2. The SMILES string of the molecule is O=C(c1ccco1)N1CC[C@H](Oc2ncc(F)cn2)C1. The average Bonchev–Trinajstić information content (AvgIpc) is 3.12. The molecule has 0 bridgehead atoms. The number of carbonyl (C=O) groups is 1. The third-order valence-electron chi connectivity index (χ3n) is 3.03. The van der Waals surface area contributed by atoms with E-state index in [1.807, 2.05) is 0 Å². The van der Waals surface area contributed by atoms with Crippen molar-refractivity contribution in [2.75, 3.05) is 13.1 Å². The van der Waals surface area contributed by atoms with E-state index >= 15 is 0 Å². The summed E-state index contributed by atoms with van der Waals surface area (Å²) in [4.78, 5) is 21.2. The van der Waals surface area contributed by atoms with Crippen molar-refractivity contribution in [1.29, 1.82) is 0 Å². The fourth-order valence-electron chi connectivity index (χ4n) is 2.08. The van der Waals surface area contributed by atoms with Crippen LogP contribution in [0.5, 0.6) is 6.01 Å². The zero-order chi connectivity index (χ0) is 13.9. The molecule has 7 heteroatoms. The number of furan rings is 1. The molecule has 1 aliphatic rings. The highest BCUT2D eigenvalue weighted by Gasteiger charge is 2.29. The highest BCUT2D eigenvalue weighted by molar-refractivity contribution is 5.91. The maximum Gasteiger partial charge on any atom is 0.316 e. The molecule has 1 fully saturated rings. The van der Waals surface area contributed by atoms with Gasteiger partial charge in [0.05, 0.1) is 25.2 Å². The van der Waals surface area contributed by atoms with Gasteiger partial charge in [-0.2, -0.15) is 0 Å². The van der Waals surface area contributed by atoms with E-state index in [2.05, 4.69) is 9.97 Å². The van der Waals surface area contributed by atoms with Crippen LogP contribution in [0.4, 0.5) is 4.39 Å². The fraction of sp³-hybridized carbons (Fsp3) is 0.308. The standard InChI is InChI=1S/C13H12FN3O3/c14-9-6-15-13(16-7-9)20-10-3-4-17(8-10)12(18)11-2-1-5-19-11/h1-2,5-7,10H,3-4,8H2/t10-/m0/s1. The summed E-state index contributed by atoms with van der Waals surface area (Å²) in [5.41, 5.74) is 0. The Kier molecular flexibility index (Phi) is 3.32. The van der Waals surface area contributed by atoms with Crippen molar-refractivity contribution in [2.24, 2.45) is 0 Å². The molecule has 3 rings (SSSR count). The van der Waals surface area contributed by atoms with Gasteiger partial charge in [-0.05, 0) is 12.1 Å². The molecular formula is C13H12FN3O3. The first kappa shape index (κ1) is 12.6. The second kappa shape index (κ2) is 5.28. The first-order valence-electron chi connectivity index (χ1n) is 6.19. The highest BCUT2D eigenvalue weighted by Crippen LogP contribution is 2.17. The second-order valence-corrected chi connectivity index (χ2v) is 4.44. The molecule has 1 atom stereocenters. The van der Waals surface area contributed by atoms with Crippen molar-refractivity contribution >= 4 is 5.91 Å². The molecule has 2 aromatic rings. The molecular weight excluding hydrogens is 265 g/mol. The minimum absolute atomic E-state index is 0.115. The Morgan fingerprint density at radius 1 is 1.45 bits per heavy atom. The van der Waals surface area contributed by atoms with Gasteiger partial charge in [0.2, 0.25) is 0 Å². The first-order valence-corrected chi connectivity index (χ1v) is 6.19. The summed E-state index contributed by atoms with van der Waals surface area (Å²) in [6.45, 7) is 1.01. The molecule has 0 saturated carbocycles. The lowest BCUT2D eigenvalue weighted by molar-refractivity contribution is 0.0738. The summed E-state index contributed by atoms with van der Waals surface area (Å²) in [6.07, 6.45) is 4.03. The molecule has 0 unspecified atom stereocenters. The predicted molar refractivity (Wildman–Crippen MR) is 65.6 cm³/mol. The summed E-state index contributed by atoms with van der Waals surface area (Å²) in [5.74, 6) is -0.372. The molecule has 104 valence electrons. The predicted octanol–water partition coefficient (Wildman–Crippen LogP) is 1.50. The minimum atomic E-state index is -0.515. The van der Waals surface area contributed by atoms with Gasteiger partial charge in [-0.15, -0.1) is 0 Å². The zero-order valence-corrected chi connectivity index (χ0v) is 10.5. The molecule has 0 aliphatic carbocycles. The maximum atomic E-state index is 12.7. The van der Waals surface area contributed by atoms with Gasteiger partial charge in [0, 0.05) is 13.0 Å². The van der Waals surface area contributed by atoms with E-state index in [4.69, 9.17) is 9.15 Å². The zero-order valence-electron chi connectivity index (χ0n) is 10.5. The van der Waals surface area contributed by atoms with Crippen LogP contribution < -0.4 is 4.74 Å². The number of ether oxygens (including phenoxy) is 1. The second-order valence-electron chi connectivity index (χ2n) is 4.44. The molecule has 1 saturated heterocycles. The van der Waals surface area contributed by atoms with Crippen molar-refractivity contribution in [3.8, 4) is 6.01 Å². The van der Waals surface area contributed by atoms with Gasteiger partial charge in [-0.1, -0.05) is 0 Å². The highest BCUT2D eigenvalue weighted by atomic mass is 19.1. The monoisotopic (exact) mass is 277 g/mol. The maximum absolute atomic E-state index is 12.7. The Hall–Kier alpha value is -2.44. The minimum Gasteiger partial charge on any atom is -0.459 e. The topological polar surface area (TPSA) is 68.5 Å². The number of nitrogens with zero attached hydrogens (tertiary/aromatic N) is 3. The Morgan fingerprint density at radius 2 is 2.25 bits per heavy atom. The summed E-state index contributed by atoms with van der Waals surface area (Å²) >= 11 is 0. The molecule has 1 aliphatic heterocycles. The van der Waals surface area contributed by atoms with Gasteiger partial charge in [0.15, 0.2) is 11.6 Å². The van der Waals surface area contributed by atoms with Gasteiger partial charge in [-0.25, -0.2) is 14.4 Å². The lowest BCUT2D eigenvalue weighted by Crippen LogP contribution is -2.30. The van der Waals surface area contributed by atoms with Gasteiger partial charge in [0.25, 0.3) is 5.91 Å². The lowest BCUT2D eigenvalue weighted by atomic mass is 10.3.